The molecule has 1 aliphatic heterocycles. The summed E-state index contributed by atoms with van der Waals surface area (Å²) in [6.07, 6.45) is 0.347. The van der Waals surface area contributed by atoms with Gasteiger partial charge in [-0.2, -0.15) is 0 Å². The van der Waals surface area contributed by atoms with Gasteiger partial charge in [0.2, 0.25) is 6.29 Å². The number of fused-ring (bicyclic) bond motifs is 1. The quantitative estimate of drug-likeness (QED) is 0.537. The molecule has 1 aromatic heterocycles. The van der Waals surface area contributed by atoms with Gasteiger partial charge < -0.3 is 14.2 Å². The Morgan fingerprint density at radius 1 is 1.18 bits per heavy atom. The molecule has 1 aliphatic rings. The number of hydrogen-bond donors (Lipinski definition) is 0. The highest BCUT2D eigenvalue weighted by molar-refractivity contribution is 7.09. The minimum Gasteiger partial charge on any atom is -0.461 e. The van der Waals surface area contributed by atoms with Crippen LogP contribution < -0.4 is 4.74 Å². The molecule has 28 heavy (non-hydrogen) atoms. The van der Waals surface area contributed by atoms with E-state index in [1.807, 2.05) is 47.8 Å². The summed E-state index contributed by atoms with van der Waals surface area (Å²) < 4.78 is 31.0. The molecule has 3 aromatic rings. The van der Waals surface area contributed by atoms with Gasteiger partial charge in [0.15, 0.2) is 0 Å². The fraction of sp³-hybridized carbons (Fsp3) is 0.227. The number of carbonyl (C=O) groups excluding carboxylic acids is 1. The van der Waals surface area contributed by atoms with Crippen LogP contribution in [0, 0.1) is 5.82 Å². The Bertz CT molecular complexity index is 941. The fourth-order valence-electron chi connectivity index (χ4n) is 3.07. The fourth-order valence-corrected chi connectivity index (χ4v) is 3.78. The van der Waals surface area contributed by atoms with Gasteiger partial charge in [0.1, 0.15) is 18.2 Å². The van der Waals surface area contributed by atoms with Crippen LogP contribution in [0.2, 0.25) is 0 Å². The number of hydrogen-bond acceptors (Lipinski definition) is 5. The topological polar surface area (TPSA) is 44.8 Å². The highest BCUT2D eigenvalue weighted by Gasteiger charge is 2.25. The van der Waals surface area contributed by atoms with Crippen molar-refractivity contribution >= 4 is 17.3 Å². The molecule has 0 N–H and O–H groups in total. The van der Waals surface area contributed by atoms with E-state index in [-0.39, 0.29) is 25.6 Å². The zero-order chi connectivity index (χ0) is 19.3. The molecule has 0 fully saturated rings. The van der Waals surface area contributed by atoms with Crippen molar-refractivity contribution in [1.82, 2.24) is 0 Å². The normalized spacial score (nSPS) is 15.5. The summed E-state index contributed by atoms with van der Waals surface area (Å²) in [7, 11) is 0. The van der Waals surface area contributed by atoms with E-state index in [1.165, 1.54) is 12.1 Å². The molecule has 4 rings (SSSR count). The van der Waals surface area contributed by atoms with Gasteiger partial charge in [0.05, 0.1) is 13.0 Å². The largest absolute Gasteiger partial charge is 0.461 e. The molecule has 2 heterocycles. The Labute approximate surface area is 166 Å². The molecule has 4 nitrogen and oxygen atoms in total. The summed E-state index contributed by atoms with van der Waals surface area (Å²) in [5.41, 5.74) is 1.98. The zero-order valence-electron chi connectivity index (χ0n) is 15.1. The number of thiophene rings is 1. The molecule has 6 heteroatoms. The van der Waals surface area contributed by atoms with Gasteiger partial charge >= 0.3 is 5.97 Å². The van der Waals surface area contributed by atoms with Crippen LogP contribution in [0.3, 0.4) is 0 Å². The smallest absolute Gasteiger partial charge is 0.306 e. The molecule has 0 saturated carbocycles. The summed E-state index contributed by atoms with van der Waals surface area (Å²) in [6, 6.07) is 16.2. The maximum atomic E-state index is 14.0. The molecule has 0 amide bonds. The van der Waals surface area contributed by atoms with Gasteiger partial charge in [-0.1, -0.05) is 36.4 Å². The monoisotopic (exact) mass is 398 g/mol. The molecule has 0 radical (unpaired) electrons. The first-order valence-electron chi connectivity index (χ1n) is 9.01. The minimum absolute atomic E-state index is 0.0368. The minimum atomic E-state index is -0.576. The molecule has 144 valence electrons. The van der Waals surface area contributed by atoms with Crippen molar-refractivity contribution in [3.8, 4) is 5.75 Å². The number of ether oxygens (including phenoxy) is 3. The van der Waals surface area contributed by atoms with Crippen LogP contribution in [0.25, 0.3) is 0 Å². The average Bonchev–Trinajstić information content (AvgIpc) is 3.24. The van der Waals surface area contributed by atoms with Crippen molar-refractivity contribution in [2.45, 2.75) is 32.3 Å². The van der Waals surface area contributed by atoms with Crippen LogP contribution in [-0.2, 0) is 33.9 Å². The molecule has 0 aliphatic carbocycles. The number of aryl methyl sites for hydroxylation is 1. The van der Waals surface area contributed by atoms with Gasteiger partial charge in [-0.15, -0.1) is 11.3 Å². The van der Waals surface area contributed by atoms with E-state index in [9.17, 15) is 9.18 Å². The third-order valence-electron chi connectivity index (χ3n) is 4.44. The van der Waals surface area contributed by atoms with Gasteiger partial charge in [-0.25, -0.2) is 4.39 Å². The first kappa shape index (κ1) is 18.7. The predicted molar refractivity (Wildman–Crippen MR) is 103 cm³/mol. The van der Waals surface area contributed by atoms with Crippen LogP contribution in [0.4, 0.5) is 4.39 Å². The van der Waals surface area contributed by atoms with E-state index < -0.39 is 12.1 Å². The lowest BCUT2D eigenvalue weighted by atomic mass is 10.1. The van der Waals surface area contributed by atoms with Gasteiger partial charge in [0, 0.05) is 21.6 Å². The summed E-state index contributed by atoms with van der Waals surface area (Å²) in [4.78, 5) is 13.2. The van der Waals surface area contributed by atoms with Crippen molar-refractivity contribution < 1.29 is 23.4 Å². The zero-order valence-corrected chi connectivity index (χ0v) is 15.9. The molecule has 0 bridgehead atoms. The number of halogens is 1. The Hall–Kier alpha value is -2.70. The van der Waals surface area contributed by atoms with Crippen LogP contribution in [0.5, 0.6) is 5.75 Å². The maximum Gasteiger partial charge on any atom is 0.306 e. The van der Waals surface area contributed by atoms with Gasteiger partial charge in [0.25, 0.3) is 0 Å². The summed E-state index contributed by atoms with van der Waals surface area (Å²) >= 11 is 1.61. The second-order valence-corrected chi connectivity index (χ2v) is 7.50. The molecule has 1 atom stereocenters. The van der Waals surface area contributed by atoms with Gasteiger partial charge in [-0.05, 0) is 30.0 Å². The predicted octanol–water partition coefficient (Wildman–Crippen LogP) is 5.17. The van der Waals surface area contributed by atoms with E-state index in [0.717, 1.165) is 10.4 Å². The summed E-state index contributed by atoms with van der Waals surface area (Å²) in [5, 5.41) is 1.97. The van der Waals surface area contributed by atoms with E-state index in [1.54, 1.807) is 11.3 Å². The number of carbonyl (C=O) groups is 1. The van der Waals surface area contributed by atoms with Crippen LogP contribution in [-0.4, -0.2) is 5.97 Å². The van der Waals surface area contributed by atoms with Gasteiger partial charge in [-0.3, -0.25) is 4.79 Å². The van der Waals surface area contributed by atoms with E-state index >= 15 is 0 Å². The second kappa shape index (κ2) is 8.54. The Morgan fingerprint density at radius 2 is 2.04 bits per heavy atom. The van der Waals surface area contributed by atoms with Crippen LogP contribution in [0.1, 0.15) is 34.3 Å². The Balaban J connectivity index is 1.44. The number of rotatable bonds is 6. The Kier molecular flexibility index (Phi) is 5.69. The summed E-state index contributed by atoms with van der Waals surface area (Å²) in [6.45, 7) is 0.191. The molecule has 0 saturated heterocycles. The van der Waals surface area contributed by atoms with Crippen molar-refractivity contribution in [3.63, 3.8) is 0 Å². The standard InChI is InChI=1S/C22H19FO4S/c23-18-11-16(13-25-20(24)9-8-19-7-4-10-28-19)21-17(12-18)14-26-22(27-21)15-5-2-1-3-6-15/h1-7,10-12,22H,8-9,13-14H2/t22-/m0/s1. The van der Waals surface area contributed by atoms with Crippen LogP contribution >= 0.6 is 11.3 Å². The molecule has 0 unspecified atom stereocenters. The molecular formula is C22H19FO4S. The van der Waals surface area contributed by atoms with Crippen molar-refractivity contribution in [2.75, 3.05) is 0 Å². The first-order chi connectivity index (χ1) is 13.7. The lowest BCUT2D eigenvalue weighted by Gasteiger charge is -2.28. The molecule has 0 spiro atoms. The number of esters is 1. The third kappa shape index (κ3) is 4.40. The van der Waals surface area contributed by atoms with Crippen molar-refractivity contribution in [2.24, 2.45) is 0 Å². The van der Waals surface area contributed by atoms with E-state index in [4.69, 9.17) is 14.2 Å². The lowest BCUT2D eigenvalue weighted by molar-refractivity contribution is -0.145. The second-order valence-electron chi connectivity index (χ2n) is 6.46. The van der Waals surface area contributed by atoms with E-state index in [0.29, 0.717) is 23.3 Å². The van der Waals surface area contributed by atoms with Crippen molar-refractivity contribution in [1.29, 1.82) is 0 Å². The maximum absolute atomic E-state index is 14.0. The summed E-state index contributed by atoms with van der Waals surface area (Å²) in [5.74, 6) is -0.209. The SMILES string of the molecule is O=C(CCc1cccs1)OCc1cc(F)cc2c1O[C@@H](c1ccccc1)OC2. The highest BCUT2D eigenvalue weighted by atomic mass is 32.1. The number of benzene rings is 2. The Morgan fingerprint density at radius 3 is 2.82 bits per heavy atom. The first-order valence-corrected chi connectivity index (χ1v) is 9.89. The molecule has 2 aromatic carbocycles. The van der Waals surface area contributed by atoms with E-state index in [2.05, 4.69) is 0 Å². The highest BCUT2D eigenvalue weighted by Crippen LogP contribution is 2.36. The third-order valence-corrected chi connectivity index (χ3v) is 5.37. The molecular weight excluding hydrogens is 379 g/mol. The lowest BCUT2D eigenvalue weighted by Crippen LogP contribution is -2.20. The van der Waals surface area contributed by atoms with Crippen molar-refractivity contribution in [3.05, 3.63) is 87.4 Å². The van der Waals surface area contributed by atoms with Crippen LogP contribution in [0.15, 0.2) is 60.0 Å². The average molecular weight is 398 g/mol.